The summed E-state index contributed by atoms with van der Waals surface area (Å²) in [5.41, 5.74) is 2.99. The van der Waals surface area contributed by atoms with Crippen molar-refractivity contribution >= 4 is 5.91 Å². The summed E-state index contributed by atoms with van der Waals surface area (Å²) in [5, 5.41) is 2.86. The highest BCUT2D eigenvalue weighted by atomic mass is 16.5. The Labute approximate surface area is 171 Å². The van der Waals surface area contributed by atoms with Crippen molar-refractivity contribution in [2.75, 3.05) is 13.7 Å². The third kappa shape index (κ3) is 6.01. The van der Waals surface area contributed by atoms with E-state index in [0.717, 1.165) is 16.7 Å². The topological polar surface area (TPSA) is 56.8 Å². The van der Waals surface area contributed by atoms with Crippen LogP contribution in [0.4, 0.5) is 0 Å². The van der Waals surface area contributed by atoms with Gasteiger partial charge in [-0.15, -0.1) is 0 Å². The quantitative estimate of drug-likeness (QED) is 0.592. The van der Waals surface area contributed by atoms with Gasteiger partial charge in [0, 0.05) is 6.54 Å². The third-order valence-corrected chi connectivity index (χ3v) is 4.41. The van der Waals surface area contributed by atoms with Gasteiger partial charge in [0.05, 0.1) is 7.11 Å². The second-order valence-electron chi connectivity index (χ2n) is 6.59. The molecule has 0 atom stereocenters. The molecule has 0 spiro atoms. The second-order valence-corrected chi connectivity index (χ2v) is 6.59. The van der Waals surface area contributed by atoms with Crippen molar-refractivity contribution in [1.82, 2.24) is 5.32 Å². The van der Waals surface area contributed by atoms with Crippen molar-refractivity contribution in [1.29, 1.82) is 0 Å². The van der Waals surface area contributed by atoms with Crippen molar-refractivity contribution in [2.24, 2.45) is 0 Å². The smallest absolute Gasteiger partial charge is 0.258 e. The number of rotatable bonds is 9. The Morgan fingerprint density at radius 3 is 2.34 bits per heavy atom. The molecule has 1 amide bonds. The molecule has 0 heterocycles. The number of hydrogen-bond donors (Lipinski definition) is 1. The molecule has 0 saturated heterocycles. The Kier molecular flexibility index (Phi) is 7.11. The van der Waals surface area contributed by atoms with E-state index < -0.39 is 0 Å². The first kappa shape index (κ1) is 20.3. The maximum absolute atomic E-state index is 12.1. The van der Waals surface area contributed by atoms with Crippen molar-refractivity contribution < 1.29 is 19.0 Å². The lowest BCUT2D eigenvalue weighted by Crippen LogP contribution is -2.28. The Balaban J connectivity index is 1.51. The van der Waals surface area contributed by atoms with E-state index in [-0.39, 0.29) is 12.5 Å². The minimum absolute atomic E-state index is 0.0275. The normalized spacial score (nSPS) is 10.3. The Bertz CT molecular complexity index is 941. The lowest BCUT2D eigenvalue weighted by atomic mass is 10.2. The number of para-hydroxylation sites is 1. The van der Waals surface area contributed by atoms with E-state index in [1.54, 1.807) is 7.11 Å². The third-order valence-electron chi connectivity index (χ3n) is 4.41. The summed E-state index contributed by atoms with van der Waals surface area (Å²) in [4.78, 5) is 12.1. The number of aryl methyl sites for hydroxylation is 1. The van der Waals surface area contributed by atoms with Crippen LogP contribution in [0.15, 0.2) is 72.8 Å². The van der Waals surface area contributed by atoms with Crippen LogP contribution >= 0.6 is 0 Å². The van der Waals surface area contributed by atoms with Gasteiger partial charge in [0.25, 0.3) is 5.91 Å². The number of amides is 1. The van der Waals surface area contributed by atoms with Crippen molar-refractivity contribution in [3.05, 3.63) is 89.5 Å². The van der Waals surface area contributed by atoms with Crippen LogP contribution in [-0.2, 0) is 17.9 Å². The summed E-state index contributed by atoms with van der Waals surface area (Å²) in [5.74, 6) is 1.82. The van der Waals surface area contributed by atoms with Crippen LogP contribution in [0.25, 0.3) is 0 Å². The minimum Gasteiger partial charge on any atom is -0.493 e. The molecule has 1 N–H and O–H groups in total. The van der Waals surface area contributed by atoms with Gasteiger partial charge in [-0.05, 0) is 41.8 Å². The summed E-state index contributed by atoms with van der Waals surface area (Å²) in [7, 11) is 1.60. The van der Waals surface area contributed by atoms with Gasteiger partial charge in [-0.2, -0.15) is 0 Å². The summed E-state index contributed by atoms with van der Waals surface area (Å²) in [6.45, 7) is 2.76. The molecule has 5 nitrogen and oxygen atoms in total. The van der Waals surface area contributed by atoms with Crippen LogP contribution < -0.4 is 19.5 Å². The molecule has 150 valence electrons. The number of ether oxygens (including phenoxy) is 3. The molecule has 3 aromatic carbocycles. The molecule has 0 bridgehead atoms. The van der Waals surface area contributed by atoms with Crippen molar-refractivity contribution in [3.63, 3.8) is 0 Å². The molecule has 0 unspecified atom stereocenters. The average molecular weight is 391 g/mol. The predicted octanol–water partition coefficient (Wildman–Crippen LogP) is 4.28. The molecule has 0 saturated carbocycles. The molecule has 3 aromatic rings. The largest absolute Gasteiger partial charge is 0.493 e. The second kappa shape index (κ2) is 10.2. The highest BCUT2D eigenvalue weighted by Gasteiger charge is 2.08. The fourth-order valence-corrected chi connectivity index (χ4v) is 2.79. The zero-order valence-corrected chi connectivity index (χ0v) is 16.7. The molecule has 0 aromatic heterocycles. The van der Waals surface area contributed by atoms with Gasteiger partial charge >= 0.3 is 0 Å². The number of carbonyl (C=O) groups is 1. The maximum Gasteiger partial charge on any atom is 0.258 e. The number of benzene rings is 3. The fraction of sp³-hybridized carbons (Fsp3) is 0.208. The first-order valence-electron chi connectivity index (χ1n) is 9.44. The molecule has 0 radical (unpaired) electrons. The van der Waals surface area contributed by atoms with Crippen LogP contribution in [-0.4, -0.2) is 19.6 Å². The molecule has 29 heavy (non-hydrogen) atoms. The summed E-state index contributed by atoms with van der Waals surface area (Å²) in [6.07, 6.45) is 0. The zero-order chi connectivity index (χ0) is 20.5. The number of hydrogen-bond acceptors (Lipinski definition) is 4. The van der Waals surface area contributed by atoms with Crippen LogP contribution in [0.5, 0.6) is 17.2 Å². The van der Waals surface area contributed by atoms with E-state index in [4.69, 9.17) is 14.2 Å². The van der Waals surface area contributed by atoms with E-state index in [1.807, 2.05) is 79.7 Å². The van der Waals surface area contributed by atoms with E-state index in [2.05, 4.69) is 5.32 Å². The molecular formula is C24H25NO4. The lowest BCUT2D eigenvalue weighted by molar-refractivity contribution is -0.123. The zero-order valence-electron chi connectivity index (χ0n) is 16.7. The molecule has 0 aliphatic heterocycles. The SMILES string of the molecule is COc1cc(CNC(=O)COc2ccccc2C)ccc1OCc1ccccc1. The molecule has 3 rings (SSSR count). The number of carbonyl (C=O) groups excluding carboxylic acids is 1. The molecule has 0 fully saturated rings. The van der Waals surface area contributed by atoms with Gasteiger partial charge in [-0.1, -0.05) is 54.6 Å². The minimum atomic E-state index is -0.184. The fourth-order valence-electron chi connectivity index (χ4n) is 2.79. The van der Waals surface area contributed by atoms with Crippen LogP contribution in [0, 0.1) is 6.92 Å². The molecular weight excluding hydrogens is 366 g/mol. The van der Waals surface area contributed by atoms with Crippen molar-refractivity contribution in [2.45, 2.75) is 20.1 Å². The first-order chi connectivity index (χ1) is 14.2. The lowest BCUT2D eigenvalue weighted by Gasteiger charge is -2.13. The molecule has 0 aliphatic carbocycles. The number of nitrogens with one attached hydrogen (secondary N) is 1. The van der Waals surface area contributed by atoms with Gasteiger partial charge in [0.15, 0.2) is 18.1 Å². The van der Waals surface area contributed by atoms with E-state index in [9.17, 15) is 4.79 Å². The predicted molar refractivity (Wildman–Crippen MR) is 112 cm³/mol. The van der Waals surface area contributed by atoms with E-state index in [0.29, 0.717) is 30.4 Å². The van der Waals surface area contributed by atoms with Gasteiger partial charge in [0.1, 0.15) is 12.4 Å². The van der Waals surface area contributed by atoms with Gasteiger partial charge in [0.2, 0.25) is 0 Å². The van der Waals surface area contributed by atoms with Gasteiger partial charge < -0.3 is 19.5 Å². The maximum atomic E-state index is 12.1. The Morgan fingerprint density at radius 1 is 0.828 bits per heavy atom. The summed E-state index contributed by atoms with van der Waals surface area (Å²) >= 11 is 0. The van der Waals surface area contributed by atoms with Crippen molar-refractivity contribution in [3.8, 4) is 17.2 Å². The van der Waals surface area contributed by atoms with E-state index in [1.165, 1.54) is 0 Å². The highest BCUT2D eigenvalue weighted by Crippen LogP contribution is 2.28. The first-order valence-corrected chi connectivity index (χ1v) is 9.44. The van der Waals surface area contributed by atoms with Crippen LogP contribution in [0.2, 0.25) is 0 Å². The van der Waals surface area contributed by atoms with Gasteiger partial charge in [-0.3, -0.25) is 4.79 Å². The monoisotopic (exact) mass is 391 g/mol. The molecule has 5 heteroatoms. The highest BCUT2D eigenvalue weighted by molar-refractivity contribution is 5.77. The summed E-state index contributed by atoms with van der Waals surface area (Å²) < 4.78 is 16.9. The molecule has 0 aliphatic rings. The standard InChI is InChI=1S/C24H25NO4/c1-18-8-6-7-11-21(18)29-17-24(26)25-15-20-12-13-22(23(14-20)27-2)28-16-19-9-4-3-5-10-19/h3-14H,15-17H2,1-2H3,(H,25,26). The Hall–Kier alpha value is -3.47. The summed E-state index contributed by atoms with van der Waals surface area (Å²) in [6, 6.07) is 23.2. The van der Waals surface area contributed by atoms with E-state index >= 15 is 0 Å². The van der Waals surface area contributed by atoms with Gasteiger partial charge in [-0.25, -0.2) is 0 Å². The van der Waals surface area contributed by atoms with Crippen LogP contribution in [0.3, 0.4) is 0 Å². The Morgan fingerprint density at radius 2 is 1.59 bits per heavy atom. The average Bonchev–Trinajstić information content (AvgIpc) is 2.76. The van der Waals surface area contributed by atoms with Crippen LogP contribution in [0.1, 0.15) is 16.7 Å². The number of methoxy groups -OCH3 is 1.